The van der Waals surface area contributed by atoms with Gasteiger partial charge < -0.3 is 5.11 Å². The van der Waals surface area contributed by atoms with Gasteiger partial charge in [0.1, 0.15) is 0 Å². The van der Waals surface area contributed by atoms with Gasteiger partial charge in [-0.2, -0.15) is 0 Å². The van der Waals surface area contributed by atoms with Gasteiger partial charge >= 0.3 is 0 Å². The number of rotatable bonds is 1. The highest BCUT2D eigenvalue weighted by molar-refractivity contribution is 6.31. The van der Waals surface area contributed by atoms with Crippen LogP contribution in [-0.2, 0) is 0 Å². The quantitative estimate of drug-likeness (QED) is 0.558. The van der Waals surface area contributed by atoms with E-state index in [1.165, 1.54) is 6.92 Å². The molecule has 0 amide bonds. The van der Waals surface area contributed by atoms with E-state index in [0.717, 1.165) is 0 Å². The molecule has 0 fully saturated rings. The van der Waals surface area contributed by atoms with Crippen LogP contribution in [-0.4, -0.2) is 5.11 Å². The zero-order valence-electron chi connectivity index (χ0n) is 6.61. The second kappa shape index (κ2) is 3.55. The Morgan fingerprint density at radius 1 is 1.31 bits per heavy atom. The molecule has 0 bridgehead atoms. The lowest BCUT2D eigenvalue weighted by atomic mass is 10.1. The third kappa shape index (κ3) is 1.78. The fraction of sp³-hybridized carbons (Fsp3) is 0.250. The molecule has 5 heteroatoms. The minimum atomic E-state index is -1.62. The van der Waals surface area contributed by atoms with Crippen molar-refractivity contribution in [1.29, 1.82) is 0 Å². The summed E-state index contributed by atoms with van der Waals surface area (Å²) in [5.74, 6) is -4.44. The number of aliphatic hydroxyl groups is 1. The van der Waals surface area contributed by atoms with Gasteiger partial charge in [-0.15, -0.1) is 0 Å². The first-order valence-corrected chi connectivity index (χ1v) is 3.84. The lowest BCUT2D eigenvalue weighted by molar-refractivity contribution is 0.192. The molecule has 13 heavy (non-hydrogen) atoms. The van der Waals surface area contributed by atoms with Gasteiger partial charge in [-0.05, 0) is 13.0 Å². The van der Waals surface area contributed by atoms with Crippen LogP contribution in [0.4, 0.5) is 13.2 Å². The van der Waals surface area contributed by atoms with Crippen LogP contribution in [0.3, 0.4) is 0 Å². The van der Waals surface area contributed by atoms with Crippen molar-refractivity contribution in [1.82, 2.24) is 0 Å². The minimum Gasteiger partial charge on any atom is -0.389 e. The van der Waals surface area contributed by atoms with Crippen molar-refractivity contribution in [2.45, 2.75) is 13.0 Å². The van der Waals surface area contributed by atoms with Crippen molar-refractivity contribution >= 4 is 11.6 Å². The van der Waals surface area contributed by atoms with Crippen molar-refractivity contribution in [2.75, 3.05) is 0 Å². The summed E-state index contributed by atoms with van der Waals surface area (Å²) in [5.41, 5.74) is -0.430. The Labute approximate surface area is 77.8 Å². The molecule has 1 unspecified atom stereocenters. The summed E-state index contributed by atoms with van der Waals surface area (Å²) in [7, 11) is 0. The summed E-state index contributed by atoms with van der Waals surface area (Å²) in [6.45, 7) is 1.21. The van der Waals surface area contributed by atoms with Crippen molar-refractivity contribution < 1.29 is 18.3 Å². The van der Waals surface area contributed by atoms with E-state index in [1.54, 1.807) is 0 Å². The first kappa shape index (κ1) is 10.3. The topological polar surface area (TPSA) is 20.2 Å². The Morgan fingerprint density at radius 2 is 1.85 bits per heavy atom. The smallest absolute Gasteiger partial charge is 0.194 e. The maximum atomic E-state index is 12.9. The number of hydrogen-bond donors (Lipinski definition) is 1. The summed E-state index contributed by atoms with van der Waals surface area (Å²) in [5, 5.41) is 8.66. The molecule has 1 aromatic carbocycles. The predicted octanol–water partition coefficient (Wildman–Crippen LogP) is 2.81. The lowest BCUT2D eigenvalue weighted by Crippen LogP contribution is -2.02. The fourth-order valence-electron chi connectivity index (χ4n) is 0.963. The van der Waals surface area contributed by atoms with Crippen molar-refractivity contribution in [3.63, 3.8) is 0 Å². The van der Waals surface area contributed by atoms with Crippen LogP contribution in [0.5, 0.6) is 0 Å². The average Bonchev–Trinajstić information content (AvgIpc) is 1.99. The first-order valence-electron chi connectivity index (χ1n) is 3.46. The van der Waals surface area contributed by atoms with Crippen LogP contribution in [0, 0.1) is 17.5 Å². The van der Waals surface area contributed by atoms with E-state index < -0.39 is 29.1 Å². The monoisotopic (exact) mass is 210 g/mol. The summed E-state index contributed by atoms with van der Waals surface area (Å²) in [4.78, 5) is 0. The van der Waals surface area contributed by atoms with Crippen molar-refractivity contribution in [2.24, 2.45) is 0 Å². The maximum Gasteiger partial charge on any atom is 0.194 e. The molecule has 0 spiro atoms. The Bertz CT molecular complexity index is 339. The third-order valence-electron chi connectivity index (χ3n) is 1.57. The maximum absolute atomic E-state index is 12.9. The molecule has 0 aliphatic rings. The van der Waals surface area contributed by atoms with Gasteiger partial charge in [0, 0.05) is 5.56 Å². The van der Waals surface area contributed by atoms with E-state index in [0.29, 0.717) is 6.07 Å². The van der Waals surface area contributed by atoms with E-state index in [1.807, 2.05) is 0 Å². The first-order chi connectivity index (χ1) is 5.95. The highest BCUT2D eigenvalue weighted by atomic mass is 35.5. The number of halogens is 4. The highest BCUT2D eigenvalue weighted by Crippen LogP contribution is 2.28. The highest BCUT2D eigenvalue weighted by Gasteiger charge is 2.20. The van der Waals surface area contributed by atoms with Crippen molar-refractivity contribution in [3.8, 4) is 0 Å². The summed E-state index contributed by atoms with van der Waals surface area (Å²) in [6.07, 6.45) is -1.28. The molecule has 0 aliphatic heterocycles. The summed E-state index contributed by atoms with van der Waals surface area (Å²) < 4.78 is 38.0. The molecule has 72 valence electrons. The zero-order chi connectivity index (χ0) is 10.2. The summed E-state index contributed by atoms with van der Waals surface area (Å²) in [6, 6.07) is 0.627. The normalized spacial score (nSPS) is 13.1. The summed E-state index contributed by atoms with van der Waals surface area (Å²) >= 11 is 5.40. The molecule has 1 nitrogen and oxygen atoms in total. The van der Waals surface area contributed by atoms with E-state index >= 15 is 0 Å². The zero-order valence-corrected chi connectivity index (χ0v) is 7.37. The van der Waals surface area contributed by atoms with E-state index in [2.05, 4.69) is 0 Å². The Kier molecular flexibility index (Phi) is 2.83. The second-order valence-electron chi connectivity index (χ2n) is 2.56. The average molecular weight is 211 g/mol. The molecule has 0 aromatic heterocycles. The predicted molar refractivity (Wildman–Crippen MR) is 42.0 cm³/mol. The lowest BCUT2D eigenvalue weighted by Gasteiger charge is -2.09. The molecular formula is C8H6ClF3O. The van der Waals surface area contributed by atoms with Crippen LogP contribution < -0.4 is 0 Å². The van der Waals surface area contributed by atoms with Gasteiger partial charge in [-0.1, -0.05) is 11.6 Å². The standard InChI is InChI=1S/C8H6ClF3O/c1-3(13)6-4(9)2-5(10)7(11)8(6)12/h2-3,13H,1H3. The van der Waals surface area contributed by atoms with Gasteiger partial charge in [0.2, 0.25) is 0 Å². The van der Waals surface area contributed by atoms with Gasteiger partial charge in [-0.3, -0.25) is 0 Å². The van der Waals surface area contributed by atoms with Crippen LogP contribution in [0.1, 0.15) is 18.6 Å². The molecule has 0 saturated carbocycles. The Morgan fingerprint density at radius 3 is 2.31 bits per heavy atom. The van der Waals surface area contributed by atoms with Crippen molar-refractivity contribution in [3.05, 3.63) is 34.1 Å². The molecule has 1 atom stereocenters. The number of benzene rings is 1. The molecule has 1 N–H and O–H groups in total. The molecule has 1 rings (SSSR count). The molecule has 1 aromatic rings. The van der Waals surface area contributed by atoms with Gasteiger partial charge in [-0.25, -0.2) is 13.2 Å². The largest absolute Gasteiger partial charge is 0.389 e. The van der Waals surface area contributed by atoms with Gasteiger partial charge in [0.15, 0.2) is 17.5 Å². The second-order valence-corrected chi connectivity index (χ2v) is 2.97. The number of aliphatic hydroxyl groups excluding tert-OH is 1. The Balaban J connectivity index is 3.44. The molecule has 0 saturated heterocycles. The molecule has 0 heterocycles. The molecular weight excluding hydrogens is 205 g/mol. The van der Waals surface area contributed by atoms with E-state index in [4.69, 9.17) is 16.7 Å². The van der Waals surface area contributed by atoms with E-state index in [9.17, 15) is 13.2 Å². The fourth-order valence-corrected chi connectivity index (χ4v) is 1.30. The van der Waals surface area contributed by atoms with Crippen LogP contribution in [0.15, 0.2) is 6.07 Å². The molecule has 0 aliphatic carbocycles. The van der Waals surface area contributed by atoms with E-state index in [-0.39, 0.29) is 5.02 Å². The Hall–Kier alpha value is -0.740. The van der Waals surface area contributed by atoms with Gasteiger partial charge in [0.05, 0.1) is 11.1 Å². The third-order valence-corrected chi connectivity index (χ3v) is 1.88. The van der Waals surface area contributed by atoms with Crippen LogP contribution >= 0.6 is 11.6 Å². The van der Waals surface area contributed by atoms with Gasteiger partial charge in [0.25, 0.3) is 0 Å². The molecule has 0 radical (unpaired) electrons. The van der Waals surface area contributed by atoms with Crippen LogP contribution in [0.25, 0.3) is 0 Å². The number of hydrogen-bond acceptors (Lipinski definition) is 1. The minimum absolute atomic E-state index is 0.327. The SMILES string of the molecule is CC(O)c1c(Cl)cc(F)c(F)c1F. The van der Waals surface area contributed by atoms with Crippen LogP contribution in [0.2, 0.25) is 5.02 Å².